The fourth-order valence-electron chi connectivity index (χ4n) is 2.42. The van der Waals surface area contributed by atoms with Gasteiger partial charge in [-0.05, 0) is 36.0 Å². The summed E-state index contributed by atoms with van der Waals surface area (Å²) < 4.78 is 0. The topological polar surface area (TPSA) is 23.6 Å². The van der Waals surface area contributed by atoms with E-state index in [9.17, 15) is 4.79 Å². The minimum Gasteiger partial charge on any atom is -0.330 e. The van der Waals surface area contributed by atoms with E-state index in [0.29, 0.717) is 5.92 Å². The van der Waals surface area contributed by atoms with Gasteiger partial charge in [0.2, 0.25) is 0 Å². The Kier molecular flexibility index (Phi) is 3.60. The van der Waals surface area contributed by atoms with E-state index in [0.717, 1.165) is 25.1 Å². The van der Waals surface area contributed by atoms with Crippen molar-refractivity contribution < 1.29 is 4.79 Å². The van der Waals surface area contributed by atoms with Crippen LogP contribution in [0.4, 0.5) is 10.5 Å². The molecule has 1 aliphatic heterocycles. The SMILES string of the molecule is CC(C)c1ccc2c(c1)CCCN2C(=O)N(C)C. The number of carbonyl (C=O) groups is 1. The van der Waals surface area contributed by atoms with E-state index in [1.54, 1.807) is 19.0 Å². The summed E-state index contributed by atoms with van der Waals surface area (Å²) in [6.07, 6.45) is 2.13. The number of rotatable bonds is 1. The number of amides is 2. The molecule has 0 atom stereocenters. The van der Waals surface area contributed by atoms with Crippen LogP contribution in [0.25, 0.3) is 0 Å². The Morgan fingerprint density at radius 3 is 2.67 bits per heavy atom. The van der Waals surface area contributed by atoms with Gasteiger partial charge in [0, 0.05) is 26.3 Å². The summed E-state index contributed by atoms with van der Waals surface area (Å²) in [5, 5.41) is 0. The quantitative estimate of drug-likeness (QED) is 0.746. The van der Waals surface area contributed by atoms with Crippen LogP contribution in [0.2, 0.25) is 0 Å². The van der Waals surface area contributed by atoms with Gasteiger partial charge in [-0.25, -0.2) is 4.79 Å². The first-order valence-corrected chi connectivity index (χ1v) is 6.62. The lowest BCUT2D eigenvalue weighted by molar-refractivity contribution is 0.223. The summed E-state index contributed by atoms with van der Waals surface area (Å²) in [7, 11) is 3.61. The maximum atomic E-state index is 12.1. The smallest absolute Gasteiger partial charge is 0.323 e. The number of carbonyl (C=O) groups excluding carboxylic acids is 1. The van der Waals surface area contributed by atoms with E-state index < -0.39 is 0 Å². The Morgan fingerprint density at radius 1 is 1.33 bits per heavy atom. The molecule has 98 valence electrons. The molecule has 1 aromatic carbocycles. The molecule has 1 aliphatic rings. The van der Waals surface area contributed by atoms with Gasteiger partial charge < -0.3 is 4.90 Å². The highest BCUT2D eigenvalue weighted by Gasteiger charge is 2.23. The molecule has 0 radical (unpaired) electrons. The molecule has 0 N–H and O–H groups in total. The number of hydrogen-bond donors (Lipinski definition) is 0. The first-order valence-electron chi connectivity index (χ1n) is 6.62. The molecule has 2 rings (SSSR count). The summed E-state index contributed by atoms with van der Waals surface area (Å²) in [6.45, 7) is 5.23. The van der Waals surface area contributed by atoms with Crippen molar-refractivity contribution in [1.82, 2.24) is 4.90 Å². The van der Waals surface area contributed by atoms with Gasteiger partial charge in [-0.15, -0.1) is 0 Å². The lowest BCUT2D eigenvalue weighted by Crippen LogP contribution is -2.42. The van der Waals surface area contributed by atoms with Crippen molar-refractivity contribution in [3.8, 4) is 0 Å². The van der Waals surface area contributed by atoms with Crippen molar-refractivity contribution in [3.05, 3.63) is 29.3 Å². The molecular formula is C15H22N2O. The predicted molar refractivity (Wildman–Crippen MR) is 75.3 cm³/mol. The largest absolute Gasteiger partial charge is 0.330 e. The highest BCUT2D eigenvalue weighted by Crippen LogP contribution is 2.30. The normalized spacial score (nSPS) is 14.6. The molecule has 0 aliphatic carbocycles. The number of nitrogens with zero attached hydrogens (tertiary/aromatic N) is 2. The third-order valence-electron chi connectivity index (χ3n) is 3.50. The summed E-state index contributed by atoms with van der Waals surface area (Å²) in [6, 6.07) is 6.58. The highest BCUT2D eigenvalue weighted by molar-refractivity contribution is 5.93. The van der Waals surface area contributed by atoms with Crippen LogP contribution < -0.4 is 4.90 Å². The number of fused-ring (bicyclic) bond motifs is 1. The van der Waals surface area contributed by atoms with E-state index >= 15 is 0 Å². The second kappa shape index (κ2) is 5.01. The summed E-state index contributed by atoms with van der Waals surface area (Å²) >= 11 is 0. The molecule has 0 saturated carbocycles. The van der Waals surface area contributed by atoms with Crippen LogP contribution in [-0.2, 0) is 6.42 Å². The van der Waals surface area contributed by atoms with E-state index in [2.05, 4.69) is 32.0 Å². The van der Waals surface area contributed by atoms with Gasteiger partial charge in [0.15, 0.2) is 0 Å². The van der Waals surface area contributed by atoms with Gasteiger partial charge in [0.1, 0.15) is 0 Å². The lowest BCUT2D eigenvalue weighted by Gasteiger charge is -2.32. The number of aryl methyl sites for hydroxylation is 1. The first-order chi connectivity index (χ1) is 8.50. The highest BCUT2D eigenvalue weighted by atomic mass is 16.2. The molecule has 2 amide bonds. The Morgan fingerprint density at radius 2 is 2.06 bits per heavy atom. The minimum atomic E-state index is 0.0771. The number of hydrogen-bond acceptors (Lipinski definition) is 1. The van der Waals surface area contributed by atoms with Crippen molar-refractivity contribution in [2.24, 2.45) is 0 Å². The van der Waals surface area contributed by atoms with Crippen LogP contribution in [-0.4, -0.2) is 31.6 Å². The van der Waals surface area contributed by atoms with Crippen LogP contribution in [0.5, 0.6) is 0 Å². The molecule has 0 spiro atoms. The predicted octanol–water partition coefficient (Wildman–Crippen LogP) is 3.24. The monoisotopic (exact) mass is 246 g/mol. The van der Waals surface area contributed by atoms with Crippen LogP contribution in [0.3, 0.4) is 0 Å². The zero-order chi connectivity index (χ0) is 13.3. The first kappa shape index (κ1) is 12.9. The maximum absolute atomic E-state index is 12.1. The van der Waals surface area contributed by atoms with Crippen LogP contribution in [0.15, 0.2) is 18.2 Å². The molecule has 0 saturated heterocycles. The van der Waals surface area contributed by atoms with E-state index in [1.807, 2.05) is 4.90 Å². The molecule has 0 bridgehead atoms. The second-order valence-corrected chi connectivity index (χ2v) is 5.48. The van der Waals surface area contributed by atoms with Crippen LogP contribution in [0.1, 0.15) is 37.3 Å². The van der Waals surface area contributed by atoms with Crippen LogP contribution in [0, 0.1) is 0 Å². The lowest BCUT2D eigenvalue weighted by atomic mass is 9.95. The van der Waals surface area contributed by atoms with Crippen molar-refractivity contribution in [2.75, 3.05) is 25.5 Å². The number of benzene rings is 1. The van der Waals surface area contributed by atoms with Crippen LogP contribution >= 0.6 is 0 Å². The molecule has 0 fully saturated rings. The number of urea groups is 1. The fourth-order valence-corrected chi connectivity index (χ4v) is 2.42. The summed E-state index contributed by atoms with van der Waals surface area (Å²) in [5.74, 6) is 0.537. The third-order valence-corrected chi connectivity index (χ3v) is 3.50. The fraction of sp³-hybridized carbons (Fsp3) is 0.533. The molecular weight excluding hydrogens is 224 g/mol. The van der Waals surface area contributed by atoms with Gasteiger partial charge in [0.25, 0.3) is 0 Å². The second-order valence-electron chi connectivity index (χ2n) is 5.48. The van der Waals surface area contributed by atoms with Gasteiger partial charge >= 0.3 is 6.03 Å². The molecule has 3 nitrogen and oxygen atoms in total. The van der Waals surface area contributed by atoms with Gasteiger partial charge in [-0.1, -0.05) is 26.0 Å². The van der Waals surface area contributed by atoms with Crippen molar-refractivity contribution in [3.63, 3.8) is 0 Å². The molecule has 1 heterocycles. The Bertz CT molecular complexity index is 452. The minimum absolute atomic E-state index is 0.0771. The van der Waals surface area contributed by atoms with Crippen molar-refractivity contribution in [1.29, 1.82) is 0 Å². The zero-order valence-corrected chi connectivity index (χ0v) is 11.7. The average molecular weight is 246 g/mol. The standard InChI is InChI=1S/C15H22N2O/c1-11(2)12-7-8-14-13(10-12)6-5-9-17(14)15(18)16(3)4/h7-8,10-11H,5-6,9H2,1-4H3. The number of anilines is 1. The van der Waals surface area contributed by atoms with Gasteiger partial charge in [0.05, 0.1) is 0 Å². The van der Waals surface area contributed by atoms with E-state index in [4.69, 9.17) is 0 Å². The van der Waals surface area contributed by atoms with Crippen molar-refractivity contribution in [2.45, 2.75) is 32.6 Å². The van der Waals surface area contributed by atoms with E-state index in [1.165, 1.54) is 11.1 Å². The third kappa shape index (κ3) is 2.35. The van der Waals surface area contributed by atoms with Crippen molar-refractivity contribution >= 4 is 11.7 Å². The zero-order valence-electron chi connectivity index (χ0n) is 11.7. The van der Waals surface area contributed by atoms with E-state index in [-0.39, 0.29) is 6.03 Å². The molecule has 0 aromatic heterocycles. The Labute approximate surface area is 109 Å². The molecule has 0 unspecified atom stereocenters. The Hall–Kier alpha value is -1.51. The summed E-state index contributed by atoms with van der Waals surface area (Å²) in [4.78, 5) is 15.7. The maximum Gasteiger partial charge on any atom is 0.323 e. The summed E-state index contributed by atoms with van der Waals surface area (Å²) in [5.41, 5.74) is 3.75. The molecule has 1 aromatic rings. The Balaban J connectivity index is 2.36. The van der Waals surface area contributed by atoms with Gasteiger partial charge in [-0.2, -0.15) is 0 Å². The molecule has 3 heteroatoms. The van der Waals surface area contributed by atoms with Gasteiger partial charge in [-0.3, -0.25) is 4.90 Å². The average Bonchev–Trinajstić information content (AvgIpc) is 2.36. The molecule has 18 heavy (non-hydrogen) atoms.